The first-order chi connectivity index (χ1) is 10.6. The lowest BCUT2D eigenvalue weighted by Gasteiger charge is -2.33. The molecule has 1 aromatic carbocycles. The number of aliphatic hydroxyl groups excluding tert-OH is 1. The summed E-state index contributed by atoms with van der Waals surface area (Å²) in [6.45, 7) is 3.57. The molecule has 0 saturated heterocycles. The molecule has 3 atom stereocenters. The Morgan fingerprint density at radius 2 is 2.18 bits per heavy atom. The SMILES string of the molecule is CC1CN=C(NCC2(Cc3ccc(F)cc3)CCCC2O)N1. The van der Waals surface area contributed by atoms with Crippen molar-refractivity contribution in [3.05, 3.63) is 35.6 Å². The molecule has 5 heteroatoms. The molecule has 3 N–H and O–H groups in total. The molecule has 22 heavy (non-hydrogen) atoms. The van der Waals surface area contributed by atoms with E-state index in [4.69, 9.17) is 0 Å². The lowest BCUT2D eigenvalue weighted by molar-refractivity contribution is 0.0554. The van der Waals surface area contributed by atoms with Crippen molar-refractivity contribution >= 4 is 5.96 Å². The van der Waals surface area contributed by atoms with Crippen molar-refractivity contribution in [1.82, 2.24) is 10.6 Å². The first-order valence-corrected chi connectivity index (χ1v) is 8.05. The van der Waals surface area contributed by atoms with Gasteiger partial charge in [0.1, 0.15) is 5.82 Å². The number of guanidine groups is 1. The Hall–Kier alpha value is -1.62. The lowest BCUT2D eigenvalue weighted by Crippen LogP contribution is -2.47. The third kappa shape index (κ3) is 3.24. The number of nitrogens with zero attached hydrogens (tertiary/aromatic N) is 1. The van der Waals surface area contributed by atoms with Crippen LogP contribution < -0.4 is 10.6 Å². The van der Waals surface area contributed by atoms with Crippen molar-refractivity contribution in [2.75, 3.05) is 13.1 Å². The van der Waals surface area contributed by atoms with Crippen LogP contribution in [0.25, 0.3) is 0 Å². The van der Waals surface area contributed by atoms with Gasteiger partial charge >= 0.3 is 0 Å². The van der Waals surface area contributed by atoms with Crippen LogP contribution in [0.2, 0.25) is 0 Å². The molecule has 0 amide bonds. The number of hydrogen-bond donors (Lipinski definition) is 3. The third-order valence-corrected chi connectivity index (χ3v) is 4.84. The average molecular weight is 305 g/mol. The summed E-state index contributed by atoms with van der Waals surface area (Å²) in [5, 5.41) is 17.2. The molecule has 1 fully saturated rings. The Kier molecular flexibility index (Phi) is 4.34. The zero-order valence-electron chi connectivity index (χ0n) is 13.0. The molecule has 1 aliphatic heterocycles. The minimum absolute atomic E-state index is 0.201. The smallest absolute Gasteiger partial charge is 0.191 e. The summed E-state index contributed by atoms with van der Waals surface area (Å²) in [4.78, 5) is 4.42. The quantitative estimate of drug-likeness (QED) is 0.795. The lowest BCUT2D eigenvalue weighted by atomic mass is 9.78. The highest BCUT2D eigenvalue weighted by Gasteiger charge is 2.42. The van der Waals surface area contributed by atoms with Crippen LogP contribution in [0.3, 0.4) is 0 Å². The summed E-state index contributed by atoms with van der Waals surface area (Å²) in [6.07, 6.45) is 3.26. The van der Waals surface area contributed by atoms with Gasteiger partial charge in [-0.15, -0.1) is 0 Å². The highest BCUT2D eigenvalue weighted by molar-refractivity contribution is 5.81. The number of rotatable bonds is 4. The maximum atomic E-state index is 13.1. The van der Waals surface area contributed by atoms with Gasteiger partial charge in [0.05, 0.1) is 12.6 Å². The van der Waals surface area contributed by atoms with Gasteiger partial charge in [-0.25, -0.2) is 4.39 Å². The van der Waals surface area contributed by atoms with E-state index in [1.54, 1.807) is 0 Å². The van der Waals surface area contributed by atoms with E-state index in [-0.39, 0.29) is 17.3 Å². The summed E-state index contributed by atoms with van der Waals surface area (Å²) in [6, 6.07) is 6.97. The minimum Gasteiger partial charge on any atom is -0.392 e. The molecule has 1 saturated carbocycles. The van der Waals surface area contributed by atoms with Crippen LogP contribution in [0.15, 0.2) is 29.3 Å². The van der Waals surface area contributed by atoms with Gasteiger partial charge in [0, 0.05) is 18.0 Å². The fourth-order valence-corrected chi connectivity index (χ4v) is 3.52. The number of benzene rings is 1. The number of nitrogens with one attached hydrogen (secondary N) is 2. The fourth-order valence-electron chi connectivity index (χ4n) is 3.52. The van der Waals surface area contributed by atoms with Crippen LogP contribution in [0, 0.1) is 11.2 Å². The summed E-state index contributed by atoms with van der Waals surface area (Å²) in [7, 11) is 0. The second-order valence-corrected chi connectivity index (χ2v) is 6.66. The second kappa shape index (κ2) is 6.24. The van der Waals surface area contributed by atoms with Crippen LogP contribution in [0.5, 0.6) is 0 Å². The minimum atomic E-state index is -0.329. The second-order valence-electron chi connectivity index (χ2n) is 6.66. The molecule has 0 spiro atoms. The Balaban J connectivity index is 1.69. The molecule has 4 nitrogen and oxygen atoms in total. The molecule has 3 unspecified atom stereocenters. The van der Waals surface area contributed by atoms with Crippen molar-refractivity contribution in [2.24, 2.45) is 10.4 Å². The van der Waals surface area contributed by atoms with Gasteiger partial charge in [-0.3, -0.25) is 4.99 Å². The van der Waals surface area contributed by atoms with Crippen LogP contribution in [0.1, 0.15) is 31.7 Å². The van der Waals surface area contributed by atoms with E-state index in [1.165, 1.54) is 12.1 Å². The number of halogens is 1. The monoisotopic (exact) mass is 305 g/mol. The molecule has 0 radical (unpaired) electrons. The number of aliphatic hydroxyl groups is 1. The zero-order chi connectivity index (χ0) is 15.6. The molecule has 0 bridgehead atoms. The van der Waals surface area contributed by atoms with Crippen LogP contribution in [0.4, 0.5) is 4.39 Å². The van der Waals surface area contributed by atoms with Crippen molar-refractivity contribution in [1.29, 1.82) is 0 Å². The summed E-state index contributed by atoms with van der Waals surface area (Å²) >= 11 is 0. The van der Waals surface area contributed by atoms with E-state index >= 15 is 0 Å². The predicted octanol–water partition coefficient (Wildman–Crippen LogP) is 1.84. The van der Waals surface area contributed by atoms with Gasteiger partial charge in [0.15, 0.2) is 5.96 Å². The molecule has 3 rings (SSSR count). The maximum Gasteiger partial charge on any atom is 0.191 e. The summed E-state index contributed by atoms with van der Waals surface area (Å²) in [5.41, 5.74) is 0.868. The molecule has 2 aliphatic rings. The maximum absolute atomic E-state index is 13.1. The normalized spacial score (nSPS) is 31.0. The van der Waals surface area contributed by atoms with Gasteiger partial charge in [-0.2, -0.15) is 0 Å². The van der Waals surface area contributed by atoms with E-state index in [9.17, 15) is 9.50 Å². The van der Waals surface area contributed by atoms with Crippen LogP contribution in [-0.4, -0.2) is 36.3 Å². The topological polar surface area (TPSA) is 56.7 Å². The van der Waals surface area contributed by atoms with Crippen LogP contribution in [-0.2, 0) is 6.42 Å². The molecular formula is C17H24FN3O. The number of aliphatic imine (C=N–C) groups is 1. The Labute approximate surface area is 130 Å². The van der Waals surface area contributed by atoms with Crippen molar-refractivity contribution in [2.45, 2.75) is 44.8 Å². The predicted molar refractivity (Wildman–Crippen MR) is 85.3 cm³/mol. The van der Waals surface area contributed by atoms with E-state index in [2.05, 4.69) is 22.5 Å². The van der Waals surface area contributed by atoms with Gasteiger partial charge < -0.3 is 15.7 Å². The Morgan fingerprint density at radius 1 is 1.41 bits per heavy atom. The largest absolute Gasteiger partial charge is 0.392 e. The van der Waals surface area contributed by atoms with Gasteiger partial charge in [-0.1, -0.05) is 18.6 Å². The highest BCUT2D eigenvalue weighted by atomic mass is 19.1. The molecule has 120 valence electrons. The van der Waals surface area contributed by atoms with E-state index in [1.807, 2.05) is 12.1 Å². The van der Waals surface area contributed by atoms with Gasteiger partial charge in [0.25, 0.3) is 0 Å². The Morgan fingerprint density at radius 3 is 2.77 bits per heavy atom. The molecule has 1 aromatic rings. The van der Waals surface area contributed by atoms with E-state index in [0.29, 0.717) is 12.6 Å². The highest BCUT2D eigenvalue weighted by Crippen LogP contribution is 2.40. The first-order valence-electron chi connectivity index (χ1n) is 8.05. The van der Waals surface area contributed by atoms with Gasteiger partial charge in [-0.05, 0) is 43.9 Å². The summed E-state index contributed by atoms with van der Waals surface area (Å²) < 4.78 is 13.1. The fraction of sp³-hybridized carbons (Fsp3) is 0.588. The molecule has 1 aliphatic carbocycles. The molecule has 1 heterocycles. The van der Waals surface area contributed by atoms with Crippen molar-refractivity contribution in [3.8, 4) is 0 Å². The summed E-state index contributed by atoms with van der Waals surface area (Å²) in [5.74, 6) is 0.603. The Bertz CT molecular complexity index is 545. The van der Waals surface area contributed by atoms with E-state index in [0.717, 1.165) is 43.8 Å². The zero-order valence-corrected chi connectivity index (χ0v) is 13.0. The molecular weight excluding hydrogens is 281 g/mol. The molecule has 0 aromatic heterocycles. The van der Waals surface area contributed by atoms with E-state index < -0.39 is 0 Å². The van der Waals surface area contributed by atoms with Gasteiger partial charge in [0.2, 0.25) is 0 Å². The van der Waals surface area contributed by atoms with Crippen molar-refractivity contribution in [3.63, 3.8) is 0 Å². The first kappa shape index (κ1) is 15.3. The number of hydrogen-bond acceptors (Lipinski definition) is 4. The third-order valence-electron chi connectivity index (χ3n) is 4.84. The standard InChI is InChI=1S/C17H24FN3O/c1-12-10-19-16(21-12)20-11-17(8-2-3-15(17)22)9-13-4-6-14(18)7-5-13/h4-7,12,15,22H,2-3,8-11H2,1H3,(H2,19,20,21). The van der Waals surface area contributed by atoms with Crippen molar-refractivity contribution < 1.29 is 9.50 Å². The van der Waals surface area contributed by atoms with Crippen LogP contribution >= 0.6 is 0 Å². The average Bonchev–Trinajstić information content (AvgIpc) is 3.07.